The van der Waals surface area contributed by atoms with Crippen molar-refractivity contribution in [2.75, 3.05) is 6.54 Å². The van der Waals surface area contributed by atoms with Gasteiger partial charge in [-0.3, -0.25) is 4.79 Å². The minimum atomic E-state index is -3.56. The molecule has 0 aromatic heterocycles. The standard InChI is InChI=1S/C18H28N2O3S/c1-5-14(3)19-18(21)17-12-16(10-9-13(17)2)24(22,23)20-11-7-6-8-15(20)4/h9-10,12,14-15H,5-8,11H2,1-4H3,(H,19,21). The number of amides is 1. The van der Waals surface area contributed by atoms with Gasteiger partial charge in [0.25, 0.3) is 5.91 Å². The minimum absolute atomic E-state index is 0.00226. The number of aryl methyl sites for hydroxylation is 1. The lowest BCUT2D eigenvalue weighted by Gasteiger charge is -2.32. The number of hydrogen-bond donors (Lipinski definition) is 1. The monoisotopic (exact) mass is 352 g/mol. The van der Waals surface area contributed by atoms with Gasteiger partial charge in [-0.1, -0.05) is 19.4 Å². The van der Waals surface area contributed by atoms with Crippen LogP contribution in [0.2, 0.25) is 0 Å². The molecule has 0 spiro atoms. The van der Waals surface area contributed by atoms with Crippen molar-refractivity contribution in [1.29, 1.82) is 0 Å². The summed E-state index contributed by atoms with van der Waals surface area (Å²) in [6.45, 7) is 8.25. The fourth-order valence-electron chi connectivity index (χ4n) is 2.97. The van der Waals surface area contributed by atoms with Gasteiger partial charge in [-0.05, 0) is 57.7 Å². The molecule has 0 saturated carbocycles. The number of sulfonamides is 1. The van der Waals surface area contributed by atoms with Crippen LogP contribution < -0.4 is 5.32 Å². The highest BCUT2D eigenvalue weighted by Gasteiger charge is 2.31. The zero-order chi connectivity index (χ0) is 17.9. The number of nitrogens with one attached hydrogen (secondary N) is 1. The first-order chi connectivity index (χ1) is 11.3. The average molecular weight is 353 g/mol. The molecule has 6 heteroatoms. The van der Waals surface area contributed by atoms with E-state index in [0.29, 0.717) is 12.1 Å². The maximum atomic E-state index is 13.0. The Kier molecular flexibility index (Phi) is 6.04. The first kappa shape index (κ1) is 18.9. The van der Waals surface area contributed by atoms with Crippen LogP contribution in [0.15, 0.2) is 23.1 Å². The molecule has 134 valence electrons. The topological polar surface area (TPSA) is 66.5 Å². The van der Waals surface area contributed by atoms with Crippen LogP contribution in [0, 0.1) is 6.92 Å². The molecule has 0 bridgehead atoms. The first-order valence-corrected chi connectivity index (χ1v) is 10.1. The number of carbonyl (C=O) groups excluding carboxylic acids is 1. The quantitative estimate of drug-likeness (QED) is 0.885. The molecule has 0 aliphatic carbocycles. The van der Waals surface area contributed by atoms with E-state index in [0.717, 1.165) is 31.2 Å². The van der Waals surface area contributed by atoms with E-state index in [1.54, 1.807) is 16.4 Å². The van der Waals surface area contributed by atoms with E-state index in [4.69, 9.17) is 0 Å². The van der Waals surface area contributed by atoms with Crippen LogP contribution in [0.5, 0.6) is 0 Å². The summed E-state index contributed by atoms with van der Waals surface area (Å²) in [5.74, 6) is -0.217. The highest BCUT2D eigenvalue weighted by Crippen LogP contribution is 2.26. The molecule has 5 nitrogen and oxygen atoms in total. The highest BCUT2D eigenvalue weighted by atomic mass is 32.2. The Morgan fingerprint density at radius 1 is 1.38 bits per heavy atom. The predicted octanol–water partition coefficient (Wildman–Crippen LogP) is 3.09. The van der Waals surface area contributed by atoms with E-state index >= 15 is 0 Å². The molecule has 1 amide bonds. The number of piperidine rings is 1. The lowest BCUT2D eigenvalue weighted by molar-refractivity contribution is 0.0938. The number of benzene rings is 1. The summed E-state index contributed by atoms with van der Waals surface area (Å²) in [4.78, 5) is 12.6. The molecule has 2 rings (SSSR count). The van der Waals surface area contributed by atoms with Gasteiger partial charge in [0.1, 0.15) is 0 Å². The fourth-order valence-corrected chi connectivity index (χ4v) is 4.70. The Balaban J connectivity index is 2.34. The molecule has 24 heavy (non-hydrogen) atoms. The fraction of sp³-hybridized carbons (Fsp3) is 0.611. The second-order valence-electron chi connectivity index (χ2n) is 6.72. The summed E-state index contributed by atoms with van der Waals surface area (Å²) in [5, 5.41) is 2.91. The van der Waals surface area contributed by atoms with E-state index < -0.39 is 10.0 Å². The van der Waals surface area contributed by atoms with Gasteiger partial charge in [-0.15, -0.1) is 0 Å². The van der Waals surface area contributed by atoms with E-state index in [9.17, 15) is 13.2 Å². The number of carbonyl (C=O) groups is 1. The third kappa shape index (κ3) is 3.98. The summed E-state index contributed by atoms with van der Waals surface area (Å²) in [6.07, 6.45) is 3.65. The summed E-state index contributed by atoms with van der Waals surface area (Å²) in [6, 6.07) is 4.89. The predicted molar refractivity (Wildman–Crippen MR) is 95.6 cm³/mol. The summed E-state index contributed by atoms with van der Waals surface area (Å²) < 4.78 is 27.5. The Labute approximate surface area is 145 Å². The van der Waals surface area contributed by atoms with Crippen LogP contribution in [0.25, 0.3) is 0 Å². The Morgan fingerprint density at radius 2 is 2.08 bits per heavy atom. The minimum Gasteiger partial charge on any atom is -0.350 e. The normalized spacial score (nSPS) is 20.6. The van der Waals surface area contributed by atoms with Crippen molar-refractivity contribution in [3.8, 4) is 0 Å². The third-order valence-corrected chi connectivity index (χ3v) is 6.80. The molecular formula is C18H28N2O3S. The van der Waals surface area contributed by atoms with Gasteiger partial charge in [-0.25, -0.2) is 8.42 Å². The van der Waals surface area contributed by atoms with Crippen molar-refractivity contribution in [2.45, 2.75) is 70.4 Å². The van der Waals surface area contributed by atoms with Gasteiger partial charge >= 0.3 is 0 Å². The maximum Gasteiger partial charge on any atom is 0.251 e. The molecule has 1 saturated heterocycles. The van der Waals surface area contributed by atoms with Gasteiger partial charge in [0.15, 0.2) is 0 Å². The molecule has 1 fully saturated rings. The molecule has 1 N–H and O–H groups in total. The highest BCUT2D eigenvalue weighted by molar-refractivity contribution is 7.89. The summed E-state index contributed by atoms with van der Waals surface area (Å²) in [5.41, 5.74) is 1.21. The van der Waals surface area contributed by atoms with Crippen molar-refractivity contribution in [2.24, 2.45) is 0 Å². The molecule has 1 aromatic rings. The van der Waals surface area contributed by atoms with Crippen LogP contribution in [-0.4, -0.2) is 37.3 Å². The Bertz CT molecular complexity index is 700. The maximum absolute atomic E-state index is 13.0. The number of nitrogens with zero attached hydrogens (tertiary/aromatic N) is 1. The number of hydrogen-bond acceptors (Lipinski definition) is 3. The lowest BCUT2D eigenvalue weighted by atomic mass is 10.1. The summed E-state index contributed by atoms with van der Waals surface area (Å²) in [7, 11) is -3.56. The second kappa shape index (κ2) is 7.66. The molecule has 1 aromatic carbocycles. The molecular weight excluding hydrogens is 324 g/mol. The largest absolute Gasteiger partial charge is 0.350 e. The molecule has 2 atom stereocenters. The van der Waals surface area contributed by atoms with E-state index in [-0.39, 0.29) is 22.9 Å². The number of rotatable bonds is 5. The zero-order valence-electron chi connectivity index (χ0n) is 15.0. The van der Waals surface area contributed by atoms with Crippen LogP contribution in [0.4, 0.5) is 0 Å². The summed E-state index contributed by atoms with van der Waals surface area (Å²) >= 11 is 0. The van der Waals surface area contributed by atoms with Crippen molar-refractivity contribution in [1.82, 2.24) is 9.62 Å². The second-order valence-corrected chi connectivity index (χ2v) is 8.61. The first-order valence-electron chi connectivity index (χ1n) is 8.70. The molecule has 1 aliphatic heterocycles. The van der Waals surface area contributed by atoms with E-state index in [2.05, 4.69) is 5.32 Å². The van der Waals surface area contributed by atoms with Crippen molar-refractivity contribution in [3.63, 3.8) is 0 Å². The Hall–Kier alpha value is -1.40. The molecule has 1 aliphatic rings. The van der Waals surface area contributed by atoms with Crippen LogP contribution in [-0.2, 0) is 10.0 Å². The molecule has 2 unspecified atom stereocenters. The smallest absolute Gasteiger partial charge is 0.251 e. The third-order valence-electron chi connectivity index (χ3n) is 4.79. The van der Waals surface area contributed by atoms with E-state index in [1.807, 2.05) is 27.7 Å². The van der Waals surface area contributed by atoms with Gasteiger partial charge in [0.2, 0.25) is 10.0 Å². The van der Waals surface area contributed by atoms with Crippen molar-refractivity contribution in [3.05, 3.63) is 29.3 Å². The zero-order valence-corrected chi connectivity index (χ0v) is 15.8. The van der Waals surface area contributed by atoms with Gasteiger partial charge in [0, 0.05) is 24.2 Å². The van der Waals surface area contributed by atoms with Crippen LogP contribution in [0.3, 0.4) is 0 Å². The molecule has 1 heterocycles. The Morgan fingerprint density at radius 3 is 2.71 bits per heavy atom. The van der Waals surface area contributed by atoms with E-state index in [1.165, 1.54) is 6.07 Å². The van der Waals surface area contributed by atoms with Crippen molar-refractivity contribution < 1.29 is 13.2 Å². The van der Waals surface area contributed by atoms with Crippen molar-refractivity contribution >= 4 is 15.9 Å². The SMILES string of the molecule is CCC(C)NC(=O)c1cc(S(=O)(=O)N2CCCCC2C)ccc1C. The van der Waals surface area contributed by atoms with Crippen LogP contribution in [0.1, 0.15) is 62.4 Å². The lowest BCUT2D eigenvalue weighted by Crippen LogP contribution is -2.42. The van der Waals surface area contributed by atoms with Gasteiger partial charge in [-0.2, -0.15) is 4.31 Å². The van der Waals surface area contributed by atoms with Gasteiger partial charge < -0.3 is 5.32 Å². The molecule has 0 radical (unpaired) electrons. The average Bonchev–Trinajstić information content (AvgIpc) is 2.55. The van der Waals surface area contributed by atoms with Crippen LogP contribution >= 0.6 is 0 Å². The van der Waals surface area contributed by atoms with Gasteiger partial charge in [0.05, 0.1) is 4.90 Å².